The van der Waals surface area contributed by atoms with Gasteiger partial charge in [0.1, 0.15) is 0 Å². The number of esters is 1. The second kappa shape index (κ2) is 5.15. The lowest BCUT2D eigenvalue weighted by molar-refractivity contribution is -0.154. The van der Waals surface area contributed by atoms with Crippen LogP contribution in [0.25, 0.3) is 0 Å². The van der Waals surface area contributed by atoms with E-state index < -0.39 is 11.5 Å². The van der Waals surface area contributed by atoms with Crippen LogP contribution in [0.1, 0.15) is 27.7 Å². The lowest BCUT2D eigenvalue weighted by Crippen LogP contribution is -2.41. The zero-order valence-corrected chi connectivity index (χ0v) is 9.57. The van der Waals surface area contributed by atoms with Gasteiger partial charge in [0.05, 0.1) is 18.6 Å². The summed E-state index contributed by atoms with van der Waals surface area (Å²) >= 11 is 0. The summed E-state index contributed by atoms with van der Waals surface area (Å²) in [5.41, 5.74) is -1.14. The van der Waals surface area contributed by atoms with Crippen molar-refractivity contribution in [1.29, 1.82) is 0 Å². The molecule has 0 rings (SSSR count). The van der Waals surface area contributed by atoms with E-state index in [-0.39, 0.29) is 11.9 Å². The minimum atomic E-state index is -1.14. The minimum Gasteiger partial charge on any atom is -0.469 e. The number of aliphatic hydroxyl groups is 1. The second-order valence-electron chi connectivity index (χ2n) is 3.97. The molecule has 2 atom stereocenters. The average Bonchev–Trinajstić information content (AvgIpc) is 2.02. The first-order chi connectivity index (χ1) is 6.36. The van der Waals surface area contributed by atoms with Crippen molar-refractivity contribution in [3.05, 3.63) is 12.2 Å². The molecule has 0 bridgehead atoms. The Labute approximate surface area is 85.8 Å². The molecule has 0 aliphatic rings. The normalized spacial score (nSPS) is 18.2. The van der Waals surface area contributed by atoms with Crippen LogP contribution < -0.4 is 0 Å². The predicted molar refractivity (Wildman–Crippen MR) is 55.8 cm³/mol. The largest absolute Gasteiger partial charge is 0.469 e. The van der Waals surface area contributed by atoms with Gasteiger partial charge in [-0.15, -0.1) is 0 Å². The van der Waals surface area contributed by atoms with Crippen molar-refractivity contribution in [2.24, 2.45) is 11.8 Å². The van der Waals surface area contributed by atoms with Gasteiger partial charge in [0.15, 0.2) is 0 Å². The highest BCUT2D eigenvalue weighted by molar-refractivity contribution is 5.74. The molecule has 0 aromatic rings. The zero-order chi connectivity index (χ0) is 11.4. The van der Waals surface area contributed by atoms with Crippen molar-refractivity contribution >= 4 is 5.97 Å². The molecule has 3 heteroatoms. The van der Waals surface area contributed by atoms with Crippen LogP contribution in [0.15, 0.2) is 12.2 Å². The van der Waals surface area contributed by atoms with E-state index in [9.17, 15) is 9.90 Å². The molecule has 0 amide bonds. The number of carbonyl (C=O) groups excluding carboxylic acids is 1. The maximum absolute atomic E-state index is 11.5. The number of carbonyl (C=O) groups is 1. The summed E-state index contributed by atoms with van der Waals surface area (Å²) in [6.45, 7) is 7.21. The molecule has 0 fully saturated rings. The van der Waals surface area contributed by atoms with Crippen LogP contribution in [0.4, 0.5) is 0 Å². The van der Waals surface area contributed by atoms with E-state index in [0.29, 0.717) is 0 Å². The van der Waals surface area contributed by atoms with Crippen LogP contribution in [0, 0.1) is 11.8 Å². The fraction of sp³-hybridized carbons (Fsp3) is 0.727. The van der Waals surface area contributed by atoms with Gasteiger partial charge in [-0.1, -0.05) is 26.0 Å². The molecule has 2 unspecified atom stereocenters. The van der Waals surface area contributed by atoms with E-state index in [0.717, 1.165) is 0 Å². The molecule has 82 valence electrons. The third-order valence-corrected chi connectivity index (χ3v) is 2.26. The number of ether oxygens (including phenoxy) is 1. The quantitative estimate of drug-likeness (QED) is 0.555. The Morgan fingerprint density at radius 2 is 2.00 bits per heavy atom. The van der Waals surface area contributed by atoms with Crippen molar-refractivity contribution in [3.63, 3.8) is 0 Å². The molecule has 0 aliphatic carbocycles. The summed E-state index contributed by atoms with van der Waals surface area (Å²) in [4.78, 5) is 11.5. The molecule has 0 aromatic carbocycles. The predicted octanol–water partition coefficient (Wildman–Crippen LogP) is 1.76. The van der Waals surface area contributed by atoms with Crippen LogP contribution in [-0.4, -0.2) is 23.8 Å². The fourth-order valence-electron chi connectivity index (χ4n) is 1.75. The first-order valence-corrected chi connectivity index (χ1v) is 4.80. The molecular weight excluding hydrogens is 180 g/mol. The maximum Gasteiger partial charge on any atom is 0.312 e. The average molecular weight is 200 g/mol. The summed E-state index contributed by atoms with van der Waals surface area (Å²) in [7, 11) is 1.34. The highest BCUT2D eigenvalue weighted by Crippen LogP contribution is 2.27. The molecule has 0 heterocycles. The Kier molecular flexibility index (Phi) is 4.85. The van der Waals surface area contributed by atoms with Gasteiger partial charge in [-0.25, -0.2) is 0 Å². The smallest absolute Gasteiger partial charge is 0.312 e. The van der Waals surface area contributed by atoms with Crippen molar-refractivity contribution in [2.45, 2.75) is 33.3 Å². The van der Waals surface area contributed by atoms with E-state index in [1.807, 2.05) is 20.8 Å². The Morgan fingerprint density at radius 3 is 2.29 bits per heavy atom. The van der Waals surface area contributed by atoms with E-state index in [4.69, 9.17) is 0 Å². The lowest BCUT2D eigenvalue weighted by Gasteiger charge is -2.30. The van der Waals surface area contributed by atoms with Gasteiger partial charge in [0.25, 0.3) is 0 Å². The molecular formula is C11H20O3. The number of hydrogen-bond acceptors (Lipinski definition) is 3. The monoisotopic (exact) mass is 200 g/mol. The summed E-state index contributed by atoms with van der Waals surface area (Å²) in [5, 5.41) is 10.1. The van der Waals surface area contributed by atoms with E-state index >= 15 is 0 Å². The van der Waals surface area contributed by atoms with Crippen LogP contribution in [0.3, 0.4) is 0 Å². The zero-order valence-electron chi connectivity index (χ0n) is 9.57. The summed E-state index contributed by atoms with van der Waals surface area (Å²) in [6, 6.07) is 0. The van der Waals surface area contributed by atoms with Gasteiger partial charge in [-0.3, -0.25) is 4.79 Å². The van der Waals surface area contributed by atoms with Crippen molar-refractivity contribution < 1.29 is 14.6 Å². The third-order valence-electron chi connectivity index (χ3n) is 2.26. The highest BCUT2D eigenvalue weighted by Gasteiger charge is 2.38. The van der Waals surface area contributed by atoms with E-state index in [2.05, 4.69) is 4.74 Å². The standard InChI is InChI=1S/C11H20O3/c1-6-7-11(4,13)9(8(2)3)10(12)14-5/h6-9,13H,1-5H3. The number of rotatable bonds is 4. The van der Waals surface area contributed by atoms with Crippen molar-refractivity contribution in [1.82, 2.24) is 0 Å². The molecule has 14 heavy (non-hydrogen) atoms. The minimum absolute atomic E-state index is 0.0358. The first kappa shape index (κ1) is 13.2. The number of methoxy groups -OCH3 is 1. The Bertz CT molecular complexity index is 217. The molecule has 0 saturated carbocycles. The van der Waals surface area contributed by atoms with Gasteiger partial charge in [-0.05, 0) is 19.8 Å². The Morgan fingerprint density at radius 1 is 1.50 bits per heavy atom. The van der Waals surface area contributed by atoms with Crippen molar-refractivity contribution in [2.75, 3.05) is 7.11 Å². The van der Waals surface area contributed by atoms with Crippen LogP contribution >= 0.6 is 0 Å². The van der Waals surface area contributed by atoms with Gasteiger partial charge in [-0.2, -0.15) is 0 Å². The Hall–Kier alpha value is -0.830. The fourth-order valence-corrected chi connectivity index (χ4v) is 1.75. The molecule has 1 N–H and O–H groups in total. The topological polar surface area (TPSA) is 46.5 Å². The summed E-state index contributed by atoms with van der Waals surface area (Å²) < 4.78 is 4.67. The SMILES string of the molecule is CC=CC(C)(O)C(C(=O)OC)C(C)C. The number of hydrogen-bond donors (Lipinski definition) is 1. The number of allylic oxidation sites excluding steroid dienone is 1. The Balaban J connectivity index is 4.90. The lowest BCUT2D eigenvalue weighted by atomic mass is 9.80. The van der Waals surface area contributed by atoms with Gasteiger partial charge in [0.2, 0.25) is 0 Å². The summed E-state index contributed by atoms with van der Waals surface area (Å²) in [6.07, 6.45) is 3.35. The molecule has 0 spiro atoms. The van der Waals surface area contributed by atoms with Crippen LogP contribution in [0.2, 0.25) is 0 Å². The molecule has 0 radical (unpaired) electrons. The van der Waals surface area contributed by atoms with Crippen molar-refractivity contribution in [3.8, 4) is 0 Å². The molecule has 3 nitrogen and oxygen atoms in total. The maximum atomic E-state index is 11.5. The summed E-state index contributed by atoms with van der Waals surface area (Å²) in [5.74, 6) is -0.861. The highest BCUT2D eigenvalue weighted by atomic mass is 16.5. The van der Waals surface area contributed by atoms with E-state index in [1.165, 1.54) is 7.11 Å². The van der Waals surface area contributed by atoms with Gasteiger partial charge < -0.3 is 9.84 Å². The first-order valence-electron chi connectivity index (χ1n) is 4.80. The van der Waals surface area contributed by atoms with Gasteiger partial charge in [0, 0.05) is 0 Å². The van der Waals surface area contributed by atoms with E-state index in [1.54, 1.807) is 19.1 Å². The van der Waals surface area contributed by atoms with Crippen LogP contribution in [-0.2, 0) is 9.53 Å². The van der Waals surface area contributed by atoms with Gasteiger partial charge >= 0.3 is 5.97 Å². The second-order valence-corrected chi connectivity index (χ2v) is 3.97. The third kappa shape index (κ3) is 3.14. The molecule has 0 aliphatic heterocycles. The molecule has 0 saturated heterocycles. The molecule has 0 aromatic heterocycles. The van der Waals surface area contributed by atoms with Crippen LogP contribution in [0.5, 0.6) is 0 Å².